The molecule has 0 heterocycles. The van der Waals surface area contributed by atoms with Crippen LogP contribution in [0, 0.1) is 35.0 Å². The molecule has 0 aliphatic carbocycles. The maximum atomic E-state index is 3.34. The molecule has 2 atom stereocenters. The van der Waals surface area contributed by atoms with Crippen molar-refractivity contribution in [3.8, 4) is 23.7 Å². The van der Waals surface area contributed by atoms with Crippen LogP contribution in [-0.4, -0.2) is 0 Å². The number of hydrogen-bond acceptors (Lipinski definition) is 0. The molecule has 0 saturated carbocycles. The minimum absolute atomic E-state index is 0.149. The van der Waals surface area contributed by atoms with Gasteiger partial charge in [-0.15, -0.1) is 0 Å². The van der Waals surface area contributed by atoms with Crippen LogP contribution >= 0.6 is 0 Å². The van der Waals surface area contributed by atoms with Gasteiger partial charge in [0.1, 0.15) is 0 Å². The monoisotopic (exact) mass is 242 g/mol. The Morgan fingerprint density at radius 3 is 2.39 bits per heavy atom. The SMILES string of the molecule is CC#CC#CC(C=CC)(C=CCC)CC(C)CC. The summed E-state index contributed by atoms with van der Waals surface area (Å²) in [6.07, 6.45) is 12.0. The summed E-state index contributed by atoms with van der Waals surface area (Å²) in [5.74, 6) is 12.7. The largest absolute Gasteiger partial charge is 0.0925 e. The Labute approximate surface area is 114 Å². The summed E-state index contributed by atoms with van der Waals surface area (Å²) in [7, 11) is 0. The molecule has 0 aromatic carbocycles. The van der Waals surface area contributed by atoms with Crippen LogP contribution in [0.5, 0.6) is 0 Å². The Bertz CT molecular complexity index is 389. The Hall–Kier alpha value is -1.40. The highest BCUT2D eigenvalue weighted by Crippen LogP contribution is 2.31. The molecular weight excluding hydrogens is 216 g/mol. The van der Waals surface area contributed by atoms with E-state index in [4.69, 9.17) is 0 Å². The molecule has 18 heavy (non-hydrogen) atoms. The van der Waals surface area contributed by atoms with Crippen molar-refractivity contribution in [2.45, 2.75) is 53.9 Å². The van der Waals surface area contributed by atoms with Gasteiger partial charge in [0.05, 0.1) is 5.41 Å². The summed E-state index contributed by atoms with van der Waals surface area (Å²) < 4.78 is 0. The fourth-order valence-electron chi connectivity index (χ4n) is 1.88. The molecule has 0 N–H and O–H groups in total. The first-order valence-electron chi connectivity index (χ1n) is 6.89. The van der Waals surface area contributed by atoms with Crippen molar-refractivity contribution in [1.29, 1.82) is 0 Å². The van der Waals surface area contributed by atoms with E-state index in [0.29, 0.717) is 5.92 Å². The summed E-state index contributed by atoms with van der Waals surface area (Å²) in [6, 6.07) is 0. The van der Waals surface area contributed by atoms with Gasteiger partial charge in [-0.1, -0.05) is 63.3 Å². The lowest BCUT2D eigenvalue weighted by Crippen LogP contribution is -2.16. The maximum Gasteiger partial charge on any atom is 0.0686 e. The average molecular weight is 242 g/mol. The molecule has 0 fully saturated rings. The van der Waals surface area contributed by atoms with Gasteiger partial charge in [-0.05, 0) is 44.4 Å². The first-order valence-corrected chi connectivity index (χ1v) is 6.89. The van der Waals surface area contributed by atoms with E-state index in [1.807, 2.05) is 6.92 Å². The van der Waals surface area contributed by atoms with E-state index in [0.717, 1.165) is 12.8 Å². The van der Waals surface area contributed by atoms with Crippen LogP contribution in [0.25, 0.3) is 0 Å². The molecule has 0 spiro atoms. The maximum absolute atomic E-state index is 3.34. The smallest absolute Gasteiger partial charge is 0.0686 e. The lowest BCUT2D eigenvalue weighted by atomic mass is 9.78. The van der Waals surface area contributed by atoms with Gasteiger partial charge >= 0.3 is 0 Å². The van der Waals surface area contributed by atoms with E-state index in [2.05, 4.69) is 75.7 Å². The van der Waals surface area contributed by atoms with Crippen molar-refractivity contribution in [1.82, 2.24) is 0 Å². The average Bonchev–Trinajstić information content (AvgIpc) is 2.37. The van der Waals surface area contributed by atoms with Gasteiger partial charge in [-0.25, -0.2) is 0 Å². The molecule has 0 aromatic heterocycles. The zero-order valence-corrected chi connectivity index (χ0v) is 12.5. The highest BCUT2D eigenvalue weighted by atomic mass is 14.2. The normalized spacial score (nSPS) is 15.6. The van der Waals surface area contributed by atoms with Gasteiger partial charge in [-0.3, -0.25) is 0 Å². The summed E-state index contributed by atoms with van der Waals surface area (Å²) in [5, 5.41) is 0. The molecule has 0 radical (unpaired) electrons. The fourth-order valence-corrected chi connectivity index (χ4v) is 1.88. The fraction of sp³-hybridized carbons (Fsp3) is 0.556. The van der Waals surface area contributed by atoms with E-state index >= 15 is 0 Å². The van der Waals surface area contributed by atoms with E-state index < -0.39 is 0 Å². The third-order valence-corrected chi connectivity index (χ3v) is 2.98. The Morgan fingerprint density at radius 1 is 1.17 bits per heavy atom. The van der Waals surface area contributed by atoms with E-state index in [9.17, 15) is 0 Å². The minimum atomic E-state index is -0.149. The van der Waals surface area contributed by atoms with Gasteiger partial charge < -0.3 is 0 Å². The molecule has 0 amide bonds. The number of allylic oxidation sites excluding steroid dienone is 4. The molecule has 98 valence electrons. The van der Waals surface area contributed by atoms with Crippen molar-refractivity contribution >= 4 is 0 Å². The highest BCUT2D eigenvalue weighted by molar-refractivity contribution is 5.35. The van der Waals surface area contributed by atoms with Crippen LogP contribution in [0.2, 0.25) is 0 Å². The summed E-state index contributed by atoms with van der Waals surface area (Å²) in [5.41, 5.74) is -0.149. The van der Waals surface area contributed by atoms with Crippen LogP contribution in [0.15, 0.2) is 24.3 Å². The van der Waals surface area contributed by atoms with Gasteiger partial charge in [0.25, 0.3) is 0 Å². The second-order valence-corrected chi connectivity index (χ2v) is 4.69. The zero-order chi connectivity index (χ0) is 13.9. The second kappa shape index (κ2) is 9.61. The second-order valence-electron chi connectivity index (χ2n) is 4.69. The molecule has 0 aliphatic heterocycles. The van der Waals surface area contributed by atoms with Crippen molar-refractivity contribution in [3.05, 3.63) is 24.3 Å². The van der Waals surface area contributed by atoms with Gasteiger partial charge in [-0.2, -0.15) is 0 Å². The van der Waals surface area contributed by atoms with Crippen molar-refractivity contribution in [3.63, 3.8) is 0 Å². The lowest BCUT2D eigenvalue weighted by Gasteiger charge is -2.24. The lowest BCUT2D eigenvalue weighted by molar-refractivity contribution is 0.423. The first kappa shape index (κ1) is 16.6. The van der Waals surface area contributed by atoms with Gasteiger partial charge in [0, 0.05) is 0 Å². The molecule has 2 unspecified atom stereocenters. The number of hydrogen-bond donors (Lipinski definition) is 0. The molecule has 0 nitrogen and oxygen atoms in total. The predicted molar refractivity (Wildman–Crippen MR) is 82.0 cm³/mol. The van der Waals surface area contributed by atoms with E-state index in [-0.39, 0.29) is 5.41 Å². The molecule has 0 aromatic rings. The highest BCUT2D eigenvalue weighted by Gasteiger charge is 2.23. The Balaban J connectivity index is 5.33. The van der Waals surface area contributed by atoms with Crippen LogP contribution in [0.4, 0.5) is 0 Å². The summed E-state index contributed by atoms with van der Waals surface area (Å²) >= 11 is 0. The van der Waals surface area contributed by atoms with Crippen molar-refractivity contribution < 1.29 is 0 Å². The molecule has 0 bridgehead atoms. The topological polar surface area (TPSA) is 0 Å². The van der Waals surface area contributed by atoms with E-state index in [1.165, 1.54) is 6.42 Å². The first-order chi connectivity index (χ1) is 8.64. The summed E-state index contributed by atoms with van der Waals surface area (Å²) in [4.78, 5) is 0. The third-order valence-electron chi connectivity index (χ3n) is 2.98. The van der Waals surface area contributed by atoms with Crippen LogP contribution in [0.3, 0.4) is 0 Å². The summed E-state index contributed by atoms with van der Waals surface area (Å²) in [6.45, 7) is 10.5. The molecule has 0 saturated heterocycles. The van der Waals surface area contributed by atoms with Crippen LogP contribution < -0.4 is 0 Å². The van der Waals surface area contributed by atoms with Crippen LogP contribution in [-0.2, 0) is 0 Å². The minimum Gasteiger partial charge on any atom is -0.0925 e. The zero-order valence-electron chi connectivity index (χ0n) is 12.5. The molecule has 0 aliphatic rings. The standard InChI is InChI=1S/C18H26/c1-6-10-12-15-18(13-8-3,14-11-7-2)16-17(5)9-4/h8,11,13-14,17H,7,9,16H2,1-5H3. The third kappa shape index (κ3) is 6.36. The Morgan fingerprint density at radius 2 is 1.89 bits per heavy atom. The number of rotatable bonds is 6. The van der Waals surface area contributed by atoms with Crippen LogP contribution in [0.1, 0.15) is 53.9 Å². The quantitative estimate of drug-likeness (QED) is 0.455. The van der Waals surface area contributed by atoms with Gasteiger partial charge in [0.2, 0.25) is 0 Å². The molecule has 0 rings (SSSR count). The van der Waals surface area contributed by atoms with Crippen molar-refractivity contribution in [2.75, 3.05) is 0 Å². The Kier molecular flexibility index (Phi) is 8.86. The predicted octanol–water partition coefficient (Wildman–Crippen LogP) is 4.98. The molecule has 0 heteroatoms. The molecular formula is C18H26. The van der Waals surface area contributed by atoms with Crippen molar-refractivity contribution in [2.24, 2.45) is 11.3 Å². The van der Waals surface area contributed by atoms with E-state index in [1.54, 1.807) is 0 Å². The van der Waals surface area contributed by atoms with Gasteiger partial charge in [0.15, 0.2) is 0 Å².